The SMILES string of the molecule is CC(C)(C)S(=O)(=O)O.CC(C)(C)S(=O)(=O)[O-].[CH3+].[CH3+].[H+]. The topological polar surface area (TPSA) is 112 Å². The molecule has 0 saturated heterocycles. The van der Waals surface area contributed by atoms with Crippen LogP contribution in [0.25, 0.3) is 0 Å². The molecule has 0 atom stereocenters. The van der Waals surface area contributed by atoms with Gasteiger partial charge in [-0.2, -0.15) is 8.42 Å². The van der Waals surface area contributed by atoms with Crippen LogP contribution in [0.5, 0.6) is 0 Å². The van der Waals surface area contributed by atoms with Crippen LogP contribution in [-0.4, -0.2) is 35.4 Å². The first-order chi connectivity index (χ1) is 6.50. The van der Waals surface area contributed by atoms with Gasteiger partial charge in [0.05, 0.1) is 19.6 Å². The van der Waals surface area contributed by atoms with Crippen molar-refractivity contribution in [1.82, 2.24) is 0 Å². The predicted octanol–water partition coefficient (Wildman–Crippen LogP) is 2.02. The Morgan fingerprint density at radius 1 is 0.833 bits per heavy atom. The highest BCUT2D eigenvalue weighted by atomic mass is 32.2. The number of rotatable bonds is 0. The molecule has 0 saturated carbocycles. The molecule has 0 aliphatic carbocycles. The van der Waals surface area contributed by atoms with E-state index in [1.165, 1.54) is 41.5 Å². The average molecular weight is 306 g/mol. The van der Waals surface area contributed by atoms with Gasteiger partial charge in [0.25, 0.3) is 10.1 Å². The van der Waals surface area contributed by atoms with Gasteiger partial charge in [-0.1, -0.05) is 0 Å². The van der Waals surface area contributed by atoms with Gasteiger partial charge in [-0.15, -0.1) is 0 Å². The molecule has 0 amide bonds. The van der Waals surface area contributed by atoms with Crippen LogP contribution in [0, 0.1) is 14.9 Å². The maximum absolute atomic E-state index is 10.2. The Hall–Kier alpha value is -0.440. The van der Waals surface area contributed by atoms with Gasteiger partial charge < -0.3 is 4.55 Å². The molecular weight excluding hydrogens is 280 g/mol. The van der Waals surface area contributed by atoms with Gasteiger partial charge in [-0.05, 0) is 41.5 Å². The van der Waals surface area contributed by atoms with Gasteiger partial charge in [0.15, 0.2) is 0 Å². The molecule has 18 heavy (non-hydrogen) atoms. The van der Waals surface area contributed by atoms with E-state index in [0.29, 0.717) is 0 Å². The van der Waals surface area contributed by atoms with E-state index in [9.17, 15) is 21.4 Å². The molecule has 0 bridgehead atoms. The zero-order chi connectivity index (χ0) is 14.0. The van der Waals surface area contributed by atoms with Crippen LogP contribution in [0.3, 0.4) is 0 Å². The van der Waals surface area contributed by atoms with Crippen LogP contribution in [0.2, 0.25) is 0 Å². The summed E-state index contributed by atoms with van der Waals surface area (Å²) in [5, 5.41) is 0. The van der Waals surface area contributed by atoms with Gasteiger partial charge in [0.2, 0.25) is 0 Å². The highest BCUT2D eigenvalue weighted by Gasteiger charge is 2.25. The minimum atomic E-state index is -4.09. The summed E-state index contributed by atoms with van der Waals surface area (Å²) < 4.78 is 56.9. The summed E-state index contributed by atoms with van der Waals surface area (Å²) in [6, 6.07) is 0. The molecule has 0 radical (unpaired) electrons. The van der Waals surface area contributed by atoms with Crippen molar-refractivity contribution in [2.75, 3.05) is 0 Å². The second-order valence-corrected chi connectivity index (χ2v) is 9.46. The van der Waals surface area contributed by atoms with E-state index in [2.05, 4.69) is 0 Å². The zero-order valence-corrected chi connectivity index (χ0v) is 13.9. The lowest BCUT2D eigenvalue weighted by Gasteiger charge is -2.22. The van der Waals surface area contributed by atoms with E-state index < -0.39 is 29.7 Å². The van der Waals surface area contributed by atoms with Crippen LogP contribution in [-0.2, 0) is 20.2 Å². The first kappa shape index (κ1) is 26.2. The second-order valence-electron chi connectivity index (χ2n) is 5.15. The molecular formula is C10H26O6S2+2. The molecule has 0 fully saturated rings. The standard InChI is InChI=1S/2C4H10O3S.2CH3/c2*1-4(2,3)8(5,6)7;;/h2*1-3H3,(H,5,6,7);2*1H3/q;;2*+1. The Morgan fingerprint density at radius 3 is 0.944 bits per heavy atom. The first-order valence-electron chi connectivity index (χ1n) is 4.42. The zero-order valence-electron chi connectivity index (χ0n) is 13.3. The molecule has 0 aromatic carbocycles. The fourth-order valence-corrected chi connectivity index (χ4v) is 0. The average Bonchev–Trinajstić information content (AvgIpc) is 1.77. The van der Waals surface area contributed by atoms with Crippen LogP contribution >= 0.6 is 0 Å². The van der Waals surface area contributed by atoms with Gasteiger partial charge in [-0.3, -0.25) is 4.55 Å². The Kier molecular flexibility index (Phi) is 10.5. The number of hydrogen-bond acceptors (Lipinski definition) is 5. The molecule has 1 N–H and O–H groups in total. The summed E-state index contributed by atoms with van der Waals surface area (Å²) in [6.07, 6.45) is 0. The van der Waals surface area contributed by atoms with Crippen molar-refractivity contribution in [3.63, 3.8) is 0 Å². The monoisotopic (exact) mass is 306 g/mol. The summed E-state index contributed by atoms with van der Waals surface area (Å²) in [5.41, 5.74) is 0. The molecule has 0 aliphatic rings. The largest absolute Gasteiger partial charge is 1.00 e. The molecule has 6 nitrogen and oxygen atoms in total. The lowest BCUT2D eigenvalue weighted by molar-refractivity contribution is 0.432. The fraction of sp³-hybridized carbons (Fsp3) is 0.800. The van der Waals surface area contributed by atoms with Crippen molar-refractivity contribution in [3.05, 3.63) is 14.9 Å². The van der Waals surface area contributed by atoms with Crippen LogP contribution in [0.4, 0.5) is 0 Å². The Morgan fingerprint density at radius 2 is 0.944 bits per heavy atom. The fourth-order valence-electron chi connectivity index (χ4n) is 0. The smallest absolute Gasteiger partial charge is 0.748 e. The van der Waals surface area contributed by atoms with Gasteiger partial charge >= 0.3 is 1.43 Å². The van der Waals surface area contributed by atoms with E-state index in [0.717, 1.165) is 0 Å². The van der Waals surface area contributed by atoms with Crippen molar-refractivity contribution in [2.24, 2.45) is 0 Å². The van der Waals surface area contributed by atoms with Gasteiger partial charge in [0, 0.05) is 14.9 Å². The molecule has 0 spiro atoms. The highest BCUT2D eigenvalue weighted by Crippen LogP contribution is 2.11. The van der Waals surface area contributed by atoms with Crippen molar-refractivity contribution in [1.29, 1.82) is 0 Å². The van der Waals surface area contributed by atoms with Crippen molar-refractivity contribution in [2.45, 2.75) is 51.0 Å². The molecule has 0 rings (SSSR count). The second kappa shape index (κ2) is 7.22. The van der Waals surface area contributed by atoms with Gasteiger partial charge in [-0.25, -0.2) is 8.42 Å². The Labute approximate surface area is 114 Å². The quantitative estimate of drug-likeness (QED) is 0.541. The third kappa shape index (κ3) is 10.7. The Balaban J connectivity index is -0.0000000594. The van der Waals surface area contributed by atoms with Crippen LogP contribution < -0.4 is 0 Å². The molecule has 0 aromatic rings. The summed E-state index contributed by atoms with van der Waals surface area (Å²) >= 11 is 0. The molecule has 0 heterocycles. The van der Waals surface area contributed by atoms with E-state index in [4.69, 9.17) is 4.55 Å². The molecule has 0 unspecified atom stereocenters. The Bertz CT molecular complexity index is 370. The van der Waals surface area contributed by atoms with E-state index in [-0.39, 0.29) is 16.3 Å². The minimum absolute atomic E-state index is 0. The minimum Gasteiger partial charge on any atom is -0.748 e. The molecule has 8 heteroatoms. The number of hydrogen-bond donors (Lipinski definition) is 1. The predicted molar refractivity (Wildman–Crippen MR) is 74.7 cm³/mol. The van der Waals surface area contributed by atoms with Crippen molar-refractivity contribution in [3.8, 4) is 0 Å². The molecule has 112 valence electrons. The van der Waals surface area contributed by atoms with Crippen LogP contribution in [0.1, 0.15) is 43.0 Å². The molecule has 0 aromatic heterocycles. The van der Waals surface area contributed by atoms with Crippen molar-refractivity contribution < 1.29 is 27.4 Å². The van der Waals surface area contributed by atoms with Crippen LogP contribution in [0.15, 0.2) is 0 Å². The third-order valence-corrected chi connectivity index (χ3v) is 4.57. The highest BCUT2D eigenvalue weighted by molar-refractivity contribution is 7.87. The lowest BCUT2D eigenvalue weighted by atomic mass is 10.3. The van der Waals surface area contributed by atoms with Gasteiger partial charge in [0.1, 0.15) is 0 Å². The van der Waals surface area contributed by atoms with Crippen molar-refractivity contribution >= 4 is 20.2 Å². The lowest BCUT2D eigenvalue weighted by Crippen LogP contribution is -2.26. The third-order valence-electron chi connectivity index (χ3n) is 1.52. The summed E-state index contributed by atoms with van der Waals surface area (Å²) in [4.78, 5) is 0. The van der Waals surface area contributed by atoms with E-state index >= 15 is 0 Å². The maximum Gasteiger partial charge on any atom is 1.00 e. The normalized spacial score (nSPS) is 12.4. The molecule has 0 aliphatic heterocycles. The summed E-state index contributed by atoms with van der Waals surface area (Å²) in [7, 11) is -7.93. The maximum atomic E-state index is 10.2. The summed E-state index contributed by atoms with van der Waals surface area (Å²) in [5.74, 6) is 0. The summed E-state index contributed by atoms with van der Waals surface area (Å²) in [6.45, 7) is 8.41. The first-order valence-corrected chi connectivity index (χ1v) is 7.27. The van der Waals surface area contributed by atoms with E-state index in [1.54, 1.807) is 0 Å². The van der Waals surface area contributed by atoms with E-state index in [1.807, 2.05) is 0 Å².